The number of nitrogens with two attached hydrogens (primary N) is 1. The number of rotatable bonds is 2. The minimum Gasteiger partial charge on any atom is -0.508 e. The van der Waals surface area contributed by atoms with Gasteiger partial charge in [-0.15, -0.1) is 0 Å². The van der Waals surface area contributed by atoms with Crippen LogP contribution in [0.15, 0.2) is 29.8 Å². The molecule has 0 aliphatic carbocycles. The first-order chi connectivity index (χ1) is 8.54. The summed E-state index contributed by atoms with van der Waals surface area (Å²) in [7, 11) is 0. The zero-order chi connectivity index (χ0) is 13.1. The van der Waals surface area contributed by atoms with Gasteiger partial charge in [0.25, 0.3) is 0 Å². The summed E-state index contributed by atoms with van der Waals surface area (Å²) in [5.74, 6) is 0.650. The van der Waals surface area contributed by atoms with Gasteiger partial charge in [-0.25, -0.2) is 0 Å². The average Bonchev–Trinajstić information content (AvgIpc) is 2.31. The molecule has 1 unspecified atom stereocenters. The molecule has 1 aliphatic heterocycles. The summed E-state index contributed by atoms with van der Waals surface area (Å²) in [5.41, 5.74) is 7.27. The number of anilines is 1. The second-order valence-electron chi connectivity index (χ2n) is 4.14. The van der Waals surface area contributed by atoms with Gasteiger partial charge in [-0.2, -0.15) is 0 Å². The first-order valence-electron chi connectivity index (χ1n) is 5.57. The highest BCUT2D eigenvalue weighted by Gasteiger charge is 2.12. The molecule has 96 valence electrons. The predicted molar refractivity (Wildman–Crippen MR) is 71.3 cm³/mol. The standard InChI is InChI=1S/C12H16N4O2/c1-7(13)8-2-9(4-10(17)3-8)16-12-14-5-11(18)6-15-12/h2-4,11,17-18H,1,5-6,13H2,(H2,14,15,16). The number of phenolic OH excluding ortho intramolecular Hbond substituents is 1. The number of aliphatic hydroxyl groups is 1. The maximum atomic E-state index is 9.58. The molecule has 6 nitrogen and oxygen atoms in total. The maximum absolute atomic E-state index is 9.58. The predicted octanol–water partition coefficient (Wildman–Crippen LogP) is 0.0536. The lowest BCUT2D eigenvalue weighted by Crippen LogP contribution is -2.42. The molecule has 0 fully saturated rings. The van der Waals surface area contributed by atoms with Gasteiger partial charge in [0.05, 0.1) is 12.6 Å². The highest BCUT2D eigenvalue weighted by molar-refractivity contribution is 5.94. The molecule has 18 heavy (non-hydrogen) atoms. The summed E-state index contributed by atoms with van der Waals surface area (Å²) >= 11 is 0. The van der Waals surface area contributed by atoms with Gasteiger partial charge in [0.15, 0.2) is 5.96 Å². The molecular weight excluding hydrogens is 232 g/mol. The second-order valence-corrected chi connectivity index (χ2v) is 4.14. The van der Waals surface area contributed by atoms with Crippen LogP contribution in [0, 0.1) is 0 Å². The lowest BCUT2D eigenvalue weighted by atomic mass is 10.1. The van der Waals surface area contributed by atoms with Gasteiger partial charge in [0.1, 0.15) is 5.75 Å². The van der Waals surface area contributed by atoms with Crippen molar-refractivity contribution in [3.8, 4) is 5.75 Å². The molecule has 1 aromatic carbocycles. The second kappa shape index (κ2) is 4.97. The van der Waals surface area contributed by atoms with E-state index in [-0.39, 0.29) is 5.75 Å². The Labute approximate surface area is 105 Å². The smallest absolute Gasteiger partial charge is 0.195 e. The van der Waals surface area contributed by atoms with Crippen LogP contribution < -0.4 is 16.4 Å². The van der Waals surface area contributed by atoms with Crippen LogP contribution in [0.25, 0.3) is 5.70 Å². The van der Waals surface area contributed by atoms with Crippen molar-refractivity contribution in [2.24, 2.45) is 10.7 Å². The number of phenols is 1. The van der Waals surface area contributed by atoms with Gasteiger partial charge >= 0.3 is 0 Å². The van der Waals surface area contributed by atoms with Gasteiger partial charge < -0.3 is 26.6 Å². The highest BCUT2D eigenvalue weighted by Crippen LogP contribution is 2.22. The monoisotopic (exact) mass is 248 g/mol. The van der Waals surface area contributed by atoms with Crippen molar-refractivity contribution in [3.05, 3.63) is 30.3 Å². The largest absolute Gasteiger partial charge is 0.508 e. The molecule has 1 aromatic rings. The molecule has 1 aliphatic rings. The van der Waals surface area contributed by atoms with Crippen LogP contribution in [0.2, 0.25) is 0 Å². The van der Waals surface area contributed by atoms with E-state index in [1.807, 2.05) is 0 Å². The normalized spacial score (nSPS) is 18.7. The van der Waals surface area contributed by atoms with Crippen LogP contribution in [0.1, 0.15) is 5.56 Å². The Kier molecular flexibility index (Phi) is 3.38. The van der Waals surface area contributed by atoms with E-state index in [0.717, 1.165) is 0 Å². The third-order valence-corrected chi connectivity index (χ3v) is 2.52. The Hall–Kier alpha value is -2.21. The quantitative estimate of drug-likeness (QED) is 0.509. The molecule has 0 saturated heterocycles. The lowest BCUT2D eigenvalue weighted by molar-refractivity contribution is 0.181. The molecular formula is C12H16N4O2. The number of benzene rings is 1. The third-order valence-electron chi connectivity index (χ3n) is 2.52. The highest BCUT2D eigenvalue weighted by atomic mass is 16.3. The Morgan fingerprint density at radius 3 is 2.89 bits per heavy atom. The number of guanidine groups is 1. The summed E-state index contributed by atoms with van der Waals surface area (Å²) in [6.45, 7) is 4.42. The number of hydrogen-bond acceptors (Lipinski definition) is 6. The van der Waals surface area contributed by atoms with Crippen molar-refractivity contribution >= 4 is 17.3 Å². The van der Waals surface area contributed by atoms with Crippen LogP contribution in [0.4, 0.5) is 5.69 Å². The summed E-state index contributed by atoms with van der Waals surface area (Å²) in [6.07, 6.45) is -0.459. The number of nitrogens with one attached hydrogen (secondary N) is 2. The van der Waals surface area contributed by atoms with Crippen LogP contribution >= 0.6 is 0 Å². The minimum absolute atomic E-state index is 0.0954. The molecule has 6 heteroatoms. The zero-order valence-corrected chi connectivity index (χ0v) is 9.85. The number of aromatic hydroxyl groups is 1. The topological polar surface area (TPSA) is 103 Å². The van der Waals surface area contributed by atoms with Gasteiger partial charge in [0, 0.05) is 29.6 Å². The van der Waals surface area contributed by atoms with Crippen molar-refractivity contribution in [2.75, 3.05) is 18.4 Å². The van der Waals surface area contributed by atoms with Crippen LogP contribution in [-0.4, -0.2) is 35.4 Å². The van der Waals surface area contributed by atoms with Crippen LogP contribution in [-0.2, 0) is 0 Å². The Morgan fingerprint density at radius 1 is 1.50 bits per heavy atom. The zero-order valence-electron chi connectivity index (χ0n) is 9.85. The molecule has 6 N–H and O–H groups in total. The SMILES string of the molecule is C=C(N)c1cc(O)cc(NC2=NCC(O)CN2)c1. The van der Waals surface area contributed by atoms with Crippen LogP contribution in [0.5, 0.6) is 5.75 Å². The van der Waals surface area contributed by atoms with Crippen LogP contribution in [0.3, 0.4) is 0 Å². The van der Waals surface area contributed by atoms with Crippen molar-refractivity contribution in [1.82, 2.24) is 5.32 Å². The van der Waals surface area contributed by atoms with E-state index in [1.165, 1.54) is 6.07 Å². The number of β-amino-alcohol motifs (C(OH)–C–C–N with tert-alkyl or cyclic N) is 1. The summed E-state index contributed by atoms with van der Waals surface area (Å²) in [6, 6.07) is 4.85. The molecule has 0 aromatic heterocycles. The van der Waals surface area contributed by atoms with E-state index < -0.39 is 6.10 Å². The molecule has 1 atom stereocenters. The van der Waals surface area contributed by atoms with E-state index in [4.69, 9.17) is 5.73 Å². The summed E-state index contributed by atoms with van der Waals surface area (Å²) in [4.78, 5) is 4.12. The first kappa shape index (κ1) is 12.3. The molecule has 0 saturated carbocycles. The summed E-state index contributed by atoms with van der Waals surface area (Å²) in [5, 5.41) is 24.8. The van der Waals surface area contributed by atoms with Crippen molar-refractivity contribution in [3.63, 3.8) is 0 Å². The van der Waals surface area contributed by atoms with Gasteiger partial charge in [-0.05, 0) is 12.1 Å². The lowest BCUT2D eigenvalue weighted by Gasteiger charge is -2.20. The minimum atomic E-state index is -0.459. The fourth-order valence-corrected chi connectivity index (χ4v) is 1.62. The van der Waals surface area contributed by atoms with Crippen molar-refractivity contribution in [1.29, 1.82) is 0 Å². The average molecular weight is 248 g/mol. The van der Waals surface area contributed by atoms with Gasteiger partial charge in [-0.3, -0.25) is 4.99 Å². The van der Waals surface area contributed by atoms with E-state index in [0.29, 0.717) is 36.0 Å². The Bertz CT molecular complexity index is 499. The fraction of sp³-hybridized carbons (Fsp3) is 0.250. The Balaban J connectivity index is 2.16. The van der Waals surface area contributed by atoms with Crippen molar-refractivity contribution in [2.45, 2.75) is 6.10 Å². The fourth-order valence-electron chi connectivity index (χ4n) is 1.62. The molecule has 0 radical (unpaired) electrons. The number of hydrogen-bond donors (Lipinski definition) is 5. The van der Waals surface area contributed by atoms with E-state index in [9.17, 15) is 10.2 Å². The van der Waals surface area contributed by atoms with E-state index in [1.54, 1.807) is 12.1 Å². The first-order valence-corrected chi connectivity index (χ1v) is 5.57. The molecule has 0 bridgehead atoms. The number of nitrogens with zero attached hydrogens (tertiary/aromatic N) is 1. The Morgan fingerprint density at radius 2 is 2.28 bits per heavy atom. The number of aliphatic hydroxyl groups excluding tert-OH is 1. The number of aliphatic imine (C=N–C) groups is 1. The maximum Gasteiger partial charge on any atom is 0.195 e. The molecule has 2 rings (SSSR count). The molecule has 0 amide bonds. The van der Waals surface area contributed by atoms with Crippen molar-refractivity contribution < 1.29 is 10.2 Å². The summed E-state index contributed by atoms with van der Waals surface area (Å²) < 4.78 is 0. The molecule has 1 heterocycles. The van der Waals surface area contributed by atoms with E-state index >= 15 is 0 Å². The van der Waals surface area contributed by atoms with Gasteiger partial charge in [0.2, 0.25) is 0 Å². The van der Waals surface area contributed by atoms with Gasteiger partial charge in [-0.1, -0.05) is 6.58 Å². The molecule has 0 spiro atoms. The van der Waals surface area contributed by atoms with E-state index in [2.05, 4.69) is 22.2 Å². The third kappa shape index (κ3) is 2.92.